The maximum Gasteiger partial charge on any atom is 0.257 e. The SMILES string of the molecule is Cc1ccc(NC(=S)NC(=O)c2ccc3c(c2)OCO3)cc1C. The van der Waals surface area contributed by atoms with Crippen LogP contribution in [0.1, 0.15) is 21.5 Å². The number of anilines is 1. The first-order valence-electron chi connectivity index (χ1n) is 7.12. The summed E-state index contributed by atoms with van der Waals surface area (Å²) >= 11 is 5.19. The Morgan fingerprint density at radius 2 is 1.83 bits per heavy atom. The molecule has 2 N–H and O–H groups in total. The highest BCUT2D eigenvalue weighted by Gasteiger charge is 2.16. The Bertz CT molecular complexity index is 789. The van der Waals surface area contributed by atoms with Crippen molar-refractivity contribution in [2.24, 2.45) is 0 Å². The number of ether oxygens (including phenoxy) is 2. The van der Waals surface area contributed by atoms with Crippen molar-refractivity contribution in [3.05, 3.63) is 53.1 Å². The molecule has 0 atom stereocenters. The Morgan fingerprint density at radius 1 is 1.04 bits per heavy atom. The summed E-state index contributed by atoms with van der Waals surface area (Å²) in [6.07, 6.45) is 0. The van der Waals surface area contributed by atoms with Crippen molar-refractivity contribution in [3.63, 3.8) is 0 Å². The summed E-state index contributed by atoms with van der Waals surface area (Å²) in [4.78, 5) is 12.2. The number of hydrogen-bond acceptors (Lipinski definition) is 4. The topological polar surface area (TPSA) is 59.6 Å². The van der Waals surface area contributed by atoms with Crippen LogP contribution < -0.4 is 20.1 Å². The van der Waals surface area contributed by atoms with E-state index >= 15 is 0 Å². The summed E-state index contributed by atoms with van der Waals surface area (Å²) in [7, 11) is 0. The van der Waals surface area contributed by atoms with E-state index in [1.165, 1.54) is 5.56 Å². The van der Waals surface area contributed by atoms with E-state index in [-0.39, 0.29) is 17.8 Å². The number of fused-ring (bicyclic) bond motifs is 1. The summed E-state index contributed by atoms with van der Waals surface area (Å²) in [5, 5.41) is 5.91. The maximum absolute atomic E-state index is 12.2. The summed E-state index contributed by atoms with van der Waals surface area (Å²) in [5.74, 6) is 0.896. The zero-order valence-corrected chi connectivity index (χ0v) is 13.6. The molecule has 6 heteroatoms. The molecule has 1 aliphatic heterocycles. The Balaban J connectivity index is 1.65. The molecule has 2 aromatic rings. The average Bonchev–Trinajstić information content (AvgIpc) is 2.98. The van der Waals surface area contributed by atoms with Crippen LogP contribution in [-0.2, 0) is 0 Å². The van der Waals surface area contributed by atoms with Gasteiger partial charge in [0, 0.05) is 11.3 Å². The first-order chi connectivity index (χ1) is 11.0. The highest BCUT2D eigenvalue weighted by atomic mass is 32.1. The minimum atomic E-state index is -0.301. The summed E-state index contributed by atoms with van der Waals surface area (Å²) in [6, 6.07) is 10.9. The molecule has 5 nitrogen and oxygen atoms in total. The maximum atomic E-state index is 12.2. The van der Waals surface area contributed by atoms with Crippen LogP contribution in [0.15, 0.2) is 36.4 Å². The number of aryl methyl sites for hydroxylation is 2. The summed E-state index contributed by atoms with van der Waals surface area (Å²) in [5.41, 5.74) is 3.65. The fourth-order valence-corrected chi connectivity index (χ4v) is 2.41. The van der Waals surface area contributed by atoms with Gasteiger partial charge in [0.15, 0.2) is 16.6 Å². The quantitative estimate of drug-likeness (QED) is 0.829. The minimum absolute atomic E-state index is 0.174. The van der Waals surface area contributed by atoms with Gasteiger partial charge < -0.3 is 14.8 Å². The van der Waals surface area contributed by atoms with E-state index in [1.54, 1.807) is 18.2 Å². The molecule has 0 radical (unpaired) electrons. The van der Waals surface area contributed by atoms with Crippen molar-refractivity contribution in [2.45, 2.75) is 13.8 Å². The zero-order valence-electron chi connectivity index (χ0n) is 12.8. The number of carbonyl (C=O) groups excluding carboxylic acids is 1. The van der Waals surface area contributed by atoms with Crippen LogP contribution in [-0.4, -0.2) is 17.8 Å². The number of rotatable bonds is 2. The van der Waals surface area contributed by atoms with Crippen LogP contribution in [0.5, 0.6) is 11.5 Å². The van der Waals surface area contributed by atoms with E-state index in [0.29, 0.717) is 17.1 Å². The van der Waals surface area contributed by atoms with Gasteiger partial charge in [-0.2, -0.15) is 0 Å². The molecule has 1 heterocycles. The number of hydrogen-bond donors (Lipinski definition) is 2. The second-order valence-corrected chi connectivity index (χ2v) is 5.68. The Hall–Kier alpha value is -2.60. The van der Waals surface area contributed by atoms with Gasteiger partial charge in [0.2, 0.25) is 6.79 Å². The first-order valence-corrected chi connectivity index (χ1v) is 7.53. The third kappa shape index (κ3) is 3.43. The molecule has 0 aliphatic carbocycles. The molecule has 0 unspecified atom stereocenters. The molecule has 0 aromatic heterocycles. The van der Waals surface area contributed by atoms with E-state index in [1.807, 2.05) is 32.0 Å². The molecule has 1 aliphatic rings. The molecule has 2 aromatic carbocycles. The van der Waals surface area contributed by atoms with Crippen LogP contribution >= 0.6 is 12.2 Å². The van der Waals surface area contributed by atoms with Gasteiger partial charge in [0.1, 0.15) is 0 Å². The van der Waals surface area contributed by atoms with Gasteiger partial charge in [-0.3, -0.25) is 10.1 Å². The largest absolute Gasteiger partial charge is 0.454 e. The third-order valence-electron chi connectivity index (χ3n) is 3.63. The Kier molecular flexibility index (Phi) is 4.16. The summed E-state index contributed by atoms with van der Waals surface area (Å²) < 4.78 is 10.5. The number of carbonyl (C=O) groups is 1. The van der Waals surface area contributed by atoms with E-state index in [4.69, 9.17) is 21.7 Å². The minimum Gasteiger partial charge on any atom is -0.454 e. The highest BCUT2D eigenvalue weighted by Crippen LogP contribution is 2.32. The molecule has 0 fully saturated rings. The van der Waals surface area contributed by atoms with Crippen LogP contribution in [0.25, 0.3) is 0 Å². The smallest absolute Gasteiger partial charge is 0.257 e. The Labute approximate surface area is 139 Å². The Morgan fingerprint density at radius 3 is 2.61 bits per heavy atom. The summed E-state index contributed by atoms with van der Waals surface area (Å²) in [6.45, 7) is 4.24. The monoisotopic (exact) mass is 328 g/mol. The van der Waals surface area contributed by atoms with Gasteiger partial charge in [-0.1, -0.05) is 6.07 Å². The van der Waals surface area contributed by atoms with Crippen molar-refractivity contribution in [2.75, 3.05) is 12.1 Å². The van der Waals surface area contributed by atoms with Crippen molar-refractivity contribution >= 4 is 28.9 Å². The molecule has 1 amide bonds. The lowest BCUT2D eigenvalue weighted by atomic mass is 10.1. The number of thiocarbonyl (C=S) groups is 1. The molecule has 23 heavy (non-hydrogen) atoms. The van der Waals surface area contributed by atoms with Crippen molar-refractivity contribution in [1.29, 1.82) is 0 Å². The lowest BCUT2D eigenvalue weighted by molar-refractivity contribution is 0.0977. The average molecular weight is 328 g/mol. The molecular formula is C17H16N2O3S. The van der Waals surface area contributed by atoms with Gasteiger partial charge in [0.25, 0.3) is 5.91 Å². The molecular weight excluding hydrogens is 312 g/mol. The molecule has 0 bridgehead atoms. The standard InChI is InChI=1S/C17H16N2O3S/c1-10-3-5-13(7-11(10)2)18-17(23)19-16(20)12-4-6-14-15(8-12)22-9-21-14/h3-8H,9H2,1-2H3,(H2,18,19,20,23). The molecule has 118 valence electrons. The van der Waals surface area contributed by atoms with Gasteiger partial charge in [0.05, 0.1) is 0 Å². The number of benzene rings is 2. The van der Waals surface area contributed by atoms with E-state index in [2.05, 4.69) is 10.6 Å². The predicted octanol–water partition coefficient (Wildman–Crippen LogP) is 3.16. The second-order valence-electron chi connectivity index (χ2n) is 5.28. The highest BCUT2D eigenvalue weighted by molar-refractivity contribution is 7.80. The van der Waals surface area contributed by atoms with Gasteiger partial charge in [-0.25, -0.2) is 0 Å². The molecule has 3 rings (SSSR count). The molecule has 0 saturated carbocycles. The first kappa shape index (κ1) is 15.3. The van der Waals surface area contributed by atoms with Crippen molar-refractivity contribution in [1.82, 2.24) is 5.32 Å². The van der Waals surface area contributed by atoms with Crippen LogP contribution in [0.3, 0.4) is 0 Å². The molecule has 0 spiro atoms. The fraction of sp³-hybridized carbons (Fsp3) is 0.176. The molecule has 0 saturated heterocycles. The lowest BCUT2D eigenvalue weighted by Gasteiger charge is -2.11. The predicted molar refractivity (Wildman–Crippen MR) is 92.2 cm³/mol. The second kappa shape index (κ2) is 6.26. The number of nitrogens with one attached hydrogen (secondary N) is 2. The normalized spacial score (nSPS) is 11.9. The van der Waals surface area contributed by atoms with Crippen LogP contribution in [0.4, 0.5) is 5.69 Å². The van der Waals surface area contributed by atoms with Gasteiger partial charge >= 0.3 is 0 Å². The van der Waals surface area contributed by atoms with E-state index < -0.39 is 0 Å². The van der Waals surface area contributed by atoms with Crippen LogP contribution in [0, 0.1) is 13.8 Å². The zero-order chi connectivity index (χ0) is 16.4. The van der Waals surface area contributed by atoms with E-state index in [9.17, 15) is 4.79 Å². The van der Waals surface area contributed by atoms with Crippen molar-refractivity contribution in [3.8, 4) is 11.5 Å². The lowest BCUT2D eigenvalue weighted by Crippen LogP contribution is -2.34. The number of amides is 1. The fourth-order valence-electron chi connectivity index (χ4n) is 2.19. The van der Waals surface area contributed by atoms with Gasteiger partial charge in [-0.05, 0) is 67.5 Å². The van der Waals surface area contributed by atoms with E-state index in [0.717, 1.165) is 11.3 Å². The van der Waals surface area contributed by atoms with Crippen molar-refractivity contribution < 1.29 is 14.3 Å². The van der Waals surface area contributed by atoms with Gasteiger partial charge in [-0.15, -0.1) is 0 Å². The third-order valence-corrected chi connectivity index (χ3v) is 3.83. The van der Waals surface area contributed by atoms with Crippen LogP contribution in [0.2, 0.25) is 0 Å².